The summed E-state index contributed by atoms with van der Waals surface area (Å²) in [6, 6.07) is 8.21. The first-order chi connectivity index (χ1) is 10.1. The van der Waals surface area contributed by atoms with Crippen molar-refractivity contribution >= 4 is 5.91 Å². The van der Waals surface area contributed by atoms with Crippen molar-refractivity contribution in [3.05, 3.63) is 53.2 Å². The number of nitrogens with zero attached hydrogens (tertiary/aromatic N) is 2. The van der Waals surface area contributed by atoms with Crippen molar-refractivity contribution in [2.75, 3.05) is 6.54 Å². The summed E-state index contributed by atoms with van der Waals surface area (Å²) in [5.41, 5.74) is 1.22. The van der Waals surface area contributed by atoms with E-state index in [9.17, 15) is 9.18 Å². The summed E-state index contributed by atoms with van der Waals surface area (Å²) >= 11 is 0. The standard InChI is InChI=1S/C16H17FN2O2/c1-11-9-14(18-21-11)15-7-4-8-19(15)16(20)10-12-5-2-3-6-13(12)17/h2-3,5-6,9,15H,4,7-8,10H2,1H3/t15-/m1/s1. The van der Waals surface area contributed by atoms with Gasteiger partial charge in [-0.25, -0.2) is 4.39 Å². The van der Waals surface area contributed by atoms with Crippen LogP contribution < -0.4 is 0 Å². The minimum atomic E-state index is -0.334. The van der Waals surface area contributed by atoms with Crippen LogP contribution in [0.4, 0.5) is 4.39 Å². The van der Waals surface area contributed by atoms with Crippen LogP contribution in [0, 0.1) is 12.7 Å². The average molecular weight is 288 g/mol. The van der Waals surface area contributed by atoms with E-state index in [1.807, 2.05) is 13.0 Å². The number of aryl methyl sites for hydroxylation is 1. The molecule has 2 heterocycles. The zero-order valence-corrected chi connectivity index (χ0v) is 11.9. The Morgan fingerprint density at radius 3 is 3.00 bits per heavy atom. The predicted octanol–water partition coefficient (Wildman–Crippen LogP) is 3.03. The highest BCUT2D eigenvalue weighted by molar-refractivity contribution is 5.79. The first-order valence-electron chi connectivity index (χ1n) is 7.11. The van der Waals surface area contributed by atoms with Gasteiger partial charge in [0.15, 0.2) is 0 Å². The molecule has 1 aromatic heterocycles. The highest BCUT2D eigenvalue weighted by atomic mass is 19.1. The Morgan fingerprint density at radius 2 is 2.29 bits per heavy atom. The minimum absolute atomic E-state index is 0.0540. The van der Waals surface area contributed by atoms with Gasteiger partial charge in [-0.1, -0.05) is 23.4 Å². The quantitative estimate of drug-likeness (QED) is 0.872. The van der Waals surface area contributed by atoms with E-state index in [1.165, 1.54) is 6.07 Å². The second kappa shape index (κ2) is 5.68. The molecule has 21 heavy (non-hydrogen) atoms. The Kier molecular flexibility index (Phi) is 3.73. The van der Waals surface area contributed by atoms with E-state index in [0.29, 0.717) is 12.1 Å². The lowest BCUT2D eigenvalue weighted by molar-refractivity contribution is -0.131. The van der Waals surface area contributed by atoms with Gasteiger partial charge < -0.3 is 9.42 Å². The van der Waals surface area contributed by atoms with Gasteiger partial charge in [0.1, 0.15) is 17.3 Å². The van der Waals surface area contributed by atoms with Crippen molar-refractivity contribution in [1.29, 1.82) is 0 Å². The molecule has 0 aliphatic carbocycles. The van der Waals surface area contributed by atoms with Crippen LogP contribution in [0.3, 0.4) is 0 Å². The van der Waals surface area contributed by atoms with E-state index in [-0.39, 0.29) is 24.2 Å². The second-order valence-corrected chi connectivity index (χ2v) is 5.38. The summed E-state index contributed by atoms with van der Waals surface area (Å²) in [6.07, 6.45) is 1.88. The fraction of sp³-hybridized carbons (Fsp3) is 0.375. The topological polar surface area (TPSA) is 46.3 Å². The van der Waals surface area contributed by atoms with Crippen molar-refractivity contribution in [3.8, 4) is 0 Å². The Hall–Kier alpha value is -2.17. The van der Waals surface area contributed by atoms with Gasteiger partial charge in [0, 0.05) is 12.6 Å². The Morgan fingerprint density at radius 1 is 1.48 bits per heavy atom. The summed E-state index contributed by atoms with van der Waals surface area (Å²) in [6.45, 7) is 2.51. The molecule has 2 aromatic rings. The molecule has 1 saturated heterocycles. The lowest BCUT2D eigenvalue weighted by atomic mass is 10.1. The lowest BCUT2D eigenvalue weighted by Gasteiger charge is -2.23. The molecule has 1 fully saturated rings. The van der Waals surface area contributed by atoms with Crippen LogP contribution in [0.15, 0.2) is 34.9 Å². The first-order valence-corrected chi connectivity index (χ1v) is 7.11. The van der Waals surface area contributed by atoms with E-state index in [4.69, 9.17) is 4.52 Å². The molecule has 0 spiro atoms. The summed E-state index contributed by atoms with van der Waals surface area (Å²) in [7, 11) is 0. The number of rotatable bonds is 3. The minimum Gasteiger partial charge on any atom is -0.361 e. The third-order valence-electron chi connectivity index (χ3n) is 3.86. The smallest absolute Gasteiger partial charge is 0.227 e. The Bertz CT molecular complexity index is 653. The molecule has 0 saturated carbocycles. The van der Waals surface area contributed by atoms with Crippen molar-refractivity contribution in [2.24, 2.45) is 0 Å². The van der Waals surface area contributed by atoms with Crippen LogP contribution in [0.2, 0.25) is 0 Å². The SMILES string of the molecule is Cc1cc([C@H]2CCCN2C(=O)Cc2ccccc2F)no1. The third kappa shape index (κ3) is 2.82. The van der Waals surface area contributed by atoms with Crippen LogP contribution in [-0.4, -0.2) is 22.5 Å². The number of hydrogen-bond donors (Lipinski definition) is 0. The number of halogens is 1. The molecular formula is C16H17FN2O2. The molecule has 0 radical (unpaired) electrons. The molecule has 3 rings (SSSR count). The highest BCUT2D eigenvalue weighted by Crippen LogP contribution is 2.32. The molecule has 1 amide bonds. The van der Waals surface area contributed by atoms with E-state index in [1.54, 1.807) is 23.1 Å². The number of amides is 1. The molecule has 110 valence electrons. The number of likely N-dealkylation sites (tertiary alicyclic amines) is 1. The van der Waals surface area contributed by atoms with Crippen LogP contribution in [0.1, 0.15) is 35.9 Å². The van der Waals surface area contributed by atoms with Gasteiger partial charge in [0.25, 0.3) is 0 Å². The van der Waals surface area contributed by atoms with Crippen molar-refractivity contribution in [3.63, 3.8) is 0 Å². The van der Waals surface area contributed by atoms with Gasteiger partial charge >= 0.3 is 0 Å². The van der Waals surface area contributed by atoms with E-state index in [2.05, 4.69) is 5.16 Å². The second-order valence-electron chi connectivity index (χ2n) is 5.38. The average Bonchev–Trinajstić information content (AvgIpc) is 3.09. The van der Waals surface area contributed by atoms with Gasteiger partial charge in [-0.3, -0.25) is 4.79 Å². The highest BCUT2D eigenvalue weighted by Gasteiger charge is 2.32. The summed E-state index contributed by atoms with van der Waals surface area (Å²) in [5, 5.41) is 4.01. The number of aromatic nitrogens is 1. The van der Waals surface area contributed by atoms with E-state index in [0.717, 1.165) is 24.3 Å². The van der Waals surface area contributed by atoms with Gasteiger partial charge in [-0.15, -0.1) is 0 Å². The van der Waals surface area contributed by atoms with Gasteiger partial charge in [0.2, 0.25) is 5.91 Å². The van der Waals surface area contributed by atoms with Crippen molar-refractivity contribution in [2.45, 2.75) is 32.2 Å². The lowest BCUT2D eigenvalue weighted by Crippen LogP contribution is -2.32. The molecule has 1 aliphatic heterocycles. The predicted molar refractivity (Wildman–Crippen MR) is 75.0 cm³/mol. The van der Waals surface area contributed by atoms with Crippen molar-refractivity contribution < 1.29 is 13.7 Å². The summed E-state index contributed by atoms with van der Waals surface area (Å²) in [4.78, 5) is 14.2. The molecule has 4 nitrogen and oxygen atoms in total. The fourth-order valence-corrected chi connectivity index (χ4v) is 2.82. The fourth-order valence-electron chi connectivity index (χ4n) is 2.82. The number of carbonyl (C=O) groups is 1. The Balaban J connectivity index is 1.76. The zero-order valence-electron chi connectivity index (χ0n) is 11.9. The van der Waals surface area contributed by atoms with Gasteiger partial charge in [-0.05, 0) is 31.4 Å². The van der Waals surface area contributed by atoms with Crippen LogP contribution >= 0.6 is 0 Å². The molecule has 1 atom stereocenters. The van der Waals surface area contributed by atoms with Crippen LogP contribution in [-0.2, 0) is 11.2 Å². The molecule has 0 N–H and O–H groups in total. The summed E-state index contributed by atoms with van der Waals surface area (Å²) in [5.74, 6) is 0.334. The summed E-state index contributed by atoms with van der Waals surface area (Å²) < 4.78 is 18.8. The van der Waals surface area contributed by atoms with Crippen molar-refractivity contribution in [1.82, 2.24) is 10.1 Å². The zero-order chi connectivity index (χ0) is 14.8. The maximum absolute atomic E-state index is 13.7. The normalized spacial score (nSPS) is 18.2. The molecule has 5 heteroatoms. The van der Waals surface area contributed by atoms with Crippen LogP contribution in [0.25, 0.3) is 0 Å². The largest absolute Gasteiger partial charge is 0.361 e. The van der Waals surface area contributed by atoms with Gasteiger partial charge in [-0.2, -0.15) is 0 Å². The molecule has 0 unspecified atom stereocenters. The van der Waals surface area contributed by atoms with E-state index >= 15 is 0 Å². The Labute approximate surface area is 122 Å². The maximum atomic E-state index is 13.7. The maximum Gasteiger partial charge on any atom is 0.227 e. The van der Waals surface area contributed by atoms with Gasteiger partial charge in [0.05, 0.1) is 12.5 Å². The monoisotopic (exact) mass is 288 g/mol. The number of carbonyl (C=O) groups excluding carboxylic acids is 1. The van der Waals surface area contributed by atoms with E-state index < -0.39 is 0 Å². The van der Waals surface area contributed by atoms with Crippen LogP contribution in [0.5, 0.6) is 0 Å². The molecule has 1 aliphatic rings. The first kappa shape index (κ1) is 13.8. The molecule has 1 aromatic carbocycles. The molecule has 0 bridgehead atoms. The third-order valence-corrected chi connectivity index (χ3v) is 3.86. The number of benzene rings is 1. The number of hydrogen-bond acceptors (Lipinski definition) is 3. The molecular weight excluding hydrogens is 271 g/mol.